The van der Waals surface area contributed by atoms with Gasteiger partial charge in [0.1, 0.15) is 5.75 Å². The molecule has 1 N–H and O–H groups in total. The summed E-state index contributed by atoms with van der Waals surface area (Å²) in [5.74, 6) is 0.601. The van der Waals surface area contributed by atoms with Crippen molar-refractivity contribution < 1.29 is 13.9 Å². The van der Waals surface area contributed by atoms with E-state index in [2.05, 4.69) is 4.98 Å². The normalized spacial score (nSPS) is 10.9. The second kappa shape index (κ2) is 7.91. The van der Waals surface area contributed by atoms with Gasteiger partial charge in [0.2, 0.25) is 0 Å². The first-order chi connectivity index (χ1) is 14.5. The summed E-state index contributed by atoms with van der Waals surface area (Å²) < 4.78 is 10.6. The van der Waals surface area contributed by atoms with Gasteiger partial charge in [0.15, 0.2) is 5.76 Å². The number of aryl methyl sites for hydroxylation is 2. The number of methoxy groups -OCH3 is 1. The van der Waals surface area contributed by atoms with E-state index in [4.69, 9.17) is 9.15 Å². The predicted molar refractivity (Wildman–Crippen MR) is 116 cm³/mol. The van der Waals surface area contributed by atoms with Crippen molar-refractivity contribution in [3.63, 3.8) is 0 Å². The lowest BCUT2D eigenvalue weighted by Crippen LogP contribution is -2.33. The Labute approximate surface area is 173 Å². The number of ether oxygens (including phenoxy) is 1. The number of fused-ring (bicyclic) bond motifs is 1. The van der Waals surface area contributed by atoms with E-state index in [0.717, 1.165) is 22.2 Å². The number of carbonyl (C=O) groups is 1. The maximum Gasteiger partial charge on any atom is 0.294 e. The number of carbonyl (C=O) groups excluding carboxylic acids is 1. The van der Waals surface area contributed by atoms with Gasteiger partial charge in [-0.15, -0.1) is 0 Å². The van der Waals surface area contributed by atoms with E-state index in [1.807, 2.05) is 38.1 Å². The molecule has 0 unspecified atom stereocenters. The number of nitrogens with zero attached hydrogens (tertiary/aromatic N) is 1. The van der Waals surface area contributed by atoms with Crippen molar-refractivity contribution in [1.29, 1.82) is 0 Å². The lowest BCUT2D eigenvalue weighted by molar-refractivity contribution is 0.0958. The minimum absolute atomic E-state index is 0.103. The van der Waals surface area contributed by atoms with Gasteiger partial charge in [-0.1, -0.05) is 17.7 Å². The molecule has 6 heteroatoms. The van der Waals surface area contributed by atoms with Crippen LogP contribution in [0, 0.1) is 13.8 Å². The standard InChI is InChI=1S/C24H22N2O4/c1-15-6-9-21(16(2)11-15)26(24(28)22-5-4-10-30-22)14-18-12-17-13-19(29-3)7-8-20(17)25-23(18)27/h4-13H,14H2,1-3H3,(H,25,27). The Kier molecular flexibility index (Phi) is 5.14. The molecule has 0 saturated heterocycles. The highest BCUT2D eigenvalue weighted by molar-refractivity contribution is 6.04. The summed E-state index contributed by atoms with van der Waals surface area (Å²) in [6, 6.07) is 16.4. The molecule has 0 aliphatic heterocycles. The first-order valence-corrected chi connectivity index (χ1v) is 9.59. The molecule has 1 amide bonds. The van der Waals surface area contributed by atoms with Crippen molar-refractivity contribution in [2.75, 3.05) is 12.0 Å². The van der Waals surface area contributed by atoms with E-state index in [-0.39, 0.29) is 23.8 Å². The van der Waals surface area contributed by atoms with Crippen LogP contribution in [-0.2, 0) is 6.54 Å². The molecule has 0 saturated carbocycles. The Hall–Kier alpha value is -3.80. The average molecular weight is 402 g/mol. The fourth-order valence-corrected chi connectivity index (χ4v) is 3.55. The highest BCUT2D eigenvalue weighted by atomic mass is 16.5. The lowest BCUT2D eigenvalue weighted by atomic mass is 10.1. The first-order valence-electron chi connectivity index (χ1n) is 9.59. The number of aromatic amines is 1. The zero-order chi connectivity index (χ0) is 21.3. The van der Waals surface area contributed by atoms with Crippen LogP contribution in [0.25, 0.3) is 10.9 Å². The molecule has 4 aromatic rings. The van der Waals surface area contributed by atoms with E-state index >= 15 is 0 Å². The van der Waals surface area contributed by atoms with Crippen molar-refractivity contribution >= 4 is 22.5 Å². The molecule has 2 aromatic carbocycles. The Bertz CT molecular complexity index is 1270. The van der Waals surface area contributed by atoms with Gasteiger partial charge in [-0.05, 0) is 61.9 Å². The van der Waals surface area contributed by atoms with Crippen molar-refractivity contribution in [1.82, 2.24) is 4.98 Å². The number of nitrogens with one attached hydrogen (secondary N) is 1. The molecule has 0 atom stereocenters. The topological polar surface area (TPSA) is 75.5 Å². The molecule has 2 heterocycles. The van der Waals surface area contributed by atoms with Gasteiger partial charge in [0.25, 0.3) is 11.5 Å². The number of pyridine rings is 1. The molecule has 152 valence electrons. The number of anilines is 1. The molecule has 6 nitrogen and oxygen atoms in total. The van der Waals surface area contributed by atoms with E-state index in [1.54, 1.807) is 42.3 Å². The SMILES string of the molecule is COc1ccc2[nH]c(=O)c(CN(C(=O)c3ccco3)c3ccc(C)cc3C)cc2c1. The van der Waals surface area contributed by atoms with Crippen molar-refractivity contribution in [2.45, 2.75) is 20.4 Å². The molecule has 4 rings (SSSR count). The molecular weight excluding hydrogens is 380 g/mol. The van der Waals surface area contributed by atoms with Crippen LogP contribution in [0.5, 0.6) is 5.75 Å². The molecule has 0 fully saturated rings. The number of benzene rings is 2. The predicted octanol–water partition coefficient (Wildman–Crippen LogP) is 4.59. The summed E-state index contributed by atoms with van der Waals surface area (Å²) in [5.41, 5.74) is 3.70. The maximum atomic E-state index is 13.2. The molecule has 0 aliphatic rings. The van der Waals surface area contributed by atoms with Crippen LogP contribution in [0.3, 0.4) is 0 Å². The van der Waals surface area contributed by atoms with Gasteiger partial charge in [0, 0.05) is 22.2 Å². The lowest BCUT2D eigenvalue weighted by Gasteiger charge is -2.24. The van der Waals surface area contributed by atoms with Gasteiger partial charge < -0.3 is 19.0 Å². The molecule has 2 aromatic heterocycles. The quantitative estimate of drug-likeness (QED) is 0.530. The Morgan fingerprint density at radius 2 is 1.93 bits per heavy atom. The Morgan fingerprint density at radius 3 is 2.63 bits per heavy atom. The maximum absolute atomic E-state index is 13.2. The van der Waals surface area contributed by atoms with Gasteiger partial charge in [-0.25, -0.2) is 0 Å². The van der Waals surface area contributed by atoms with Crippen LogP contribution >= 0.6 is 0 Å². The summed E-state index contributed by atoms with van der Waals surface area (Å²) in [6.45, 7) is 4.04. The third-order valence-electron chi connectivity index (χ3n) is 5.08. The Balaban J connectivity index is 1.81. The third-order valence-corrected chi connectivity index (χ3v) is 5.08. The van der Waals surface area contributed by atoms with E-state index in [1.165, 1.54) is 6.26 Å². The molecule has 30 heavy (non-hydrogen) atoms. The van der Waals surface area contributed by atoms with Gasteiger partial charge in [-0.3, -0.25) is 9.59 Å². The smallest absolute Gasteiger partial charge is 0.294 e. The number of hydrogen-bond donors (Lipinski definition) is 1. The van der Waals surface area contributed by atoms with Crippen LogP contribution in [0.1, 0.15) is 27.2 Å². The van der Waals surface area contributed by atoms with Crippen LogP contribution in [0.15, 0.2) is 70.1 Å². The second-order valence-electron chi connectivity index (χ2n) is 7.24. The molecule has 0 radical (unpaired) electrons. The van der Waals surface area contributed by atoms with E-state index < -0.39 is 0 Å². The fourth-order valence-electron chi connectivity index (χ4n) is 3.55. The first kappa shape index (κ1) is 19.5. The summed E-state index contributed by atoms with van der Waals surface area (Å²) in [4.78, 5) is 30.4. The van der Waals surface area contributed by atoms with Crippen molar-refractivity contribution in [2.24, 2.45) is 0 Å². The average Bonchev–Trinajstić information content (AvgIpc) is 3.27. The Morgan fingerprint density at radius 1 is 1.10 bits per heavy atom. The monoisotopic (exact) mass is 402 g/mol. The highest BCUT2D eigenvalue weighted by Gasteiger charge is 2.23. The van der Waals surface area contributed by atoms with Gasteiger partial charge >= 0.3 is 0 Å². The number of H-pyrrole nitrogens is 1. The van der Waals surface area contributed by atoms with Crippen LogP contribution in [-0.4, -0.2) is 18.0 Å². The van der Waals surface area contributed by atoms with E-state index in [0.29, 0.717) is 16.8 Å². The van der Waals surface area contributed by atoms with Crippen LogP contribution in [0.4, 0.5) is 5.69 Å². The zero-order valence-corrected chi connectivity index (χ0v) is 17.1. The number of amides is 1. The second-order valence-corrected chi connectivity index (χ2v) is 7.24. The number of rotatable bonds is 5. The molecule has 0 spiro atoms. The third kappa shape index (κ3) is 3.72. The summed E-state index contributed by atoms with van der Waals surface area (Å²) in [7, 11) is 1.59. The minimum atomic E-state index is -0.308. The summed E-state index contributed by atoms with van der Waals surface area (Å²) >= 11 is 0. The van der Waals surface area contributed by atoms with Gasteiger partial charge in [-0.2, -0.15) is 0 Å². The number of furan rings is 1. The molecular formula is C24H22N2O4. The number of hydrogen-bond acceptors (Lipinski definition) is 4. The summed E-state index contributed by atoms with van der Waals surface area (Å²) in [5, 5.41) is 0.829. The minimum Gasteiger partial charge on any atom is -0.497 e. The summed E-state index contributed by atoms with van der Waals surface area (Å²) in [6.07, 6.45) is 1.46. The van der Waals surface area contributed by atoms with Gasteiger partial charge in [0.05, 0.1) is 19.9 Å². The molecule has 0 bridgehead atoms. The largest absolute Gasteiger partial charge is 0.497 e. The zero-order valence-electron chi connectivity index (χ0n) is 17.1. The van der Waals surface area contributed by atoms with Crippen LogP contribution < -0.4 is 15.2 Å². The van der Waals surface area contributed by atoms with E-state index in [9.17, 15) is 9.59 Å². The van der Waals surface area contributed by atoms with Crippen molar-refractivity contribution in [3.8, 4) is 5.75 Å². The fraction of sp³-hybridized carbons (Fsp3) is 0.167. The number of aromatic nitrogens is 1. The molecule has 0 aliphatic carbocycles. The highest BCUT2D eigenvalue weighted by Crippen LogP contribution is 2.26. The van der Waals surface area contributed by atoms with Crippen molar-refractivity contribution in [3.05, 3.63) is 93.7 Å². The van der Waals surface area contributed by atoms with Crippen LogP contribution in [0.2, 0.25) is 0 Å².